The second-order valence-electron chi connectivity index (χ2n) is 8.24. The summed E-state index contributed by atoms with van der Waals surface area (Å²) >= 11 is 0. The molecule has 8 heteroatoms. The van der Waals surface area contributed by atoms with E-state index < -0.39 is 15.9 Å². The maximum Gasteiger partial charge on any atom is 0.262 e. The van der Waals surface area contributed by atoms with E-state index in [0.717, 1.165) is 12.0 Å². The lowest BCUT2D eigenvalue weighted by molar-refractivity contribution is 0.0940. The van der Waals surface area contributed by atoms with Crippen molar-refractivity contribution in [2.24, 2.45) is 0 Å². The maximum atomic E-state index is 13.0. The number of anilines is 2. The maximum absolute atomic E-state index is 13.0. The van der Waals surface area contributed by atoms with Crippen LogP contribution in [0.3, 0.4) is 0 Å². The molecule has 3 rings (SSSR count). The Bertz CT molecular complexity index is 1320. The fraction of sp³-hybridized carbons (Fsp3) is 0.231. The first-order chi connectivity index (χ1) is 16.1. The number of sulfonamides is 1. The van der Waals surface area contributed by atoms with Crippen molar-refractivity contribution < 1.29 is 18.0 Å². The zero-order chi connectivity index (χ0) is 24.9. The number of aryl methyl sites for hydroxylation is 2. The van der Waals surface area contributed by atoms with Crippen LogP contribution in [-0.2, 0) is 10.0 Å². The van der Waals surface area contributed by atoms with Gasteiger partial charge < -0.3 is 10.6 Å². The summed E-state index contributed by atoms with van der Waals surface area (Å²) in [6, 6.07) is 18.2. The normalized spacial score (nSPS) is 12.0. The van der Waals surface area contributed by atoms with Gasteiger partial charge in [0.15, 0.2) is 0 Å². The van der Waals surface area contributed by atoms with Crippen LogP contribution in [0.15, 0.2) is 71.6 Å². The minimum Gasteiger partial charge on any atom is -0.350 e. The van der Waals surface area contributed by atoms with E-state index in [4.69, 9.17) is 0 Å². The van der Waals surface area contributed by atoms with Crippen molar-refractivity contribution in [1.29, 1.82) is 0 Å². The second-order valence-corrected chi connectivity index (χ2v) is 9.89. The summed E-state index contributed by atoms with van der Waals surface area (Å²) in [5, 5.41) is 5.62. The summed E-state index contributed by atoms with van der Waals surface area (Å²) in [5.41, 5.74) is 2.70. The van der Waals surface area contributed by atoms with Crippen LogP contribution in [-0.4, -0.2) is 26.3 Å². The van der Waals surface area contributed by atoms with Crippen LogP contribution in [0.1, 0.15) is 52.1 Å². The average molecular weight is 480 g/mol. The molecule has 0 aromatic heterocycles. The van der Waals surface area contributed by atoms with Crippen molar-refractivity contribution in [3.63, 3.8) is 0 Å². The summed E-state index contributed by atoms with van der Waals surface area (Å²) < 4.78 is 28.7. The fourth-order valence-corrected chi connectivity index (χ4v) is 4.66. The molecule has 7 nitrogen and oxygen atoms in total. The lowest BCUT2D eigenvalue weighted by atomic mass is 10.1. The molecule has 0 saturated heterocycles. The molecule has 0 unspecified atom stereocenters. The molecule has 34 heavy (non-hydrogen) atoms. The number of rotatable bonds is 8. The SMILES string of the molecule is CC[C@@H](C)NC(=O)c1ccccc1NC(=O)c1ccc(C)c(S(=O)(=O)Nc2cccc(C)c2)c1. The first-order valence-corrected chi connectivity index (χ1v) is 12.5. The number of amides is 2. The number of nitrogens with one attached hydrogen (secondary N) is 3. The molecule has 0 aliphatic heterocycles. The number of carbonyl (C=O) groups is 2. The van der Waals surface area contributed by atoms with Crippen LogP contribution in [0.4, 0.5) is 11.4 Å². The number of para-hydroxylation sites is 1. The Morgan fingerprint density at radius 3 is 2.35 bits per heavy atom. The van der Waals surface area contributed by atoms with Crippen LogP contribution >= 0.6 is 0 Å². The second kappa shape index (κ2) is 10.5. The molecule has 2 amide bonds. The predicted molar refractivity (Wildman–Crippen MR) is 135 cm³/mol. The van der Waals surface area contributed by atoms with Gasteiger partial charge in [0.1, 0.15) is 0 Å². The van der Waals surface area contributed by atoms with E-state index in [0.29, 0.717) is 22.5 Å². The number of carbonyl (C=O) groups excluding carboxylic acids is 2. The molecule has 3 aromatic rings. The third-order valence-electron chi connectivity index (χ3n) is 5.42. The minimum absolute atomic E-state index is 0.00412. The predicted octanol–water partition coefficient (Wildman–Crippen LogP) is 4.88. The van der Waals surface area contributed by atoms with Crippen LogP contribution in [0.25, 0.3) is 0 Å². The third kappa shape index (κ3) is 6.02. The first kappa shape index (κ1) is 25.0. The topological polar surface area (TPSA) is 104 Å². The summed E-state index contributed by atoms with van der Waals surface area (Å²) in [6.45, 7) is 7.41. The van der Waals surface area contributed by atoms with E-state index in [1.807, 2.05) is 26.8 Å². The Hall–Kier alpha value is -3.65. The average Bonchev–Trinajstić information content (AvgIpc) is 2.79. The highest BCUT2D eigenvalue weighted by Crippen LogP contribution is 2.23. The highest BCUT2D eigenvalue weighted by molar-refractivity contribution is 7.92. The quantitative estimate of drug-likeness (QED) is 0.428. The zero-order valence-electron chi connectivity index (χ0n) is 19.7. The molecule has 1 atom stereocenters. The van der Waals surface area contributed by atoms with Crippen LogP contribution in [0.5, 0.6) is 0 Å². The van der Waals surface area contributed by atoms with Gasteiger partial charge in [-0.05, 0) is 74.7 Å². The van der Waals surface area contributed by atoms with E-state index in [1.165, 1.54) is 6.07 Å². The minimum atomic E-state index is -3.92. The number of hydrogen-bond donors (Lipinski definition) is 3. The van der Waals surface area contributed by atoms with E-state index in [1.54, 1.807) is 61.5 Å². The molecule has 0 aliphatic carbocycles. The molecular weight excluding hydrogens is 450 g/mol. The lowest BCUT2D eigenvalue weighted by Crippen LogP contribution is -2.32. The van der Waals surface area contributed by atoms with Crippen molar-refractivity contribution >= 4 is 33.2 Å². The van der Waals surface area contributed by atoms with E-state index in [-0.39, 0.29) is 22.4 Å². The van der Waals surface area contributed by atoms with E-state index in [2.05, 4.69) is 15.4 Å². The third-order valence-corrected chi connectivity index (χ3v) is 6.94. The number of hydrogen-bond acceptors (Lipinski definition) is 4. The molecule has 0 fully saturated rings. The van der Waals surface area contributed by atoms with Gasteiger partial charge in [0.2, 0.25) is 0 Å². The molecule has 0 heterocycles. The number of benzene rings is 3. The van der Waals surface area contributed by atoms with Gasteiger partial charge in [-0.3, -0.25) is 14.3 Å². The Kier molecular flexibility index (Phi) is 7.73. The molecule has 0 aliphatic rings. The van der Waals surface area contributed by atoms with Crippen molar-refractivity contribution in [2.45, 2.75) is 45.1 Å². The summed E-state index contributed by atoms with van der Waals surface area (Å²) in [4.78, 5) is 25.6. The first-order valence-electron chi connectivity index (χ1n) is 11.0. The van der Waals surface area contributed by atoms with Gasteiger partial charge in [-0.15, -0.1) is 0 Å². The summed E-state index contributed by atoms with van der Waals surface area (Å²) in [5.74, 6) is -0.810. The molecular formula is C26H29N3O4S. The monoisotopic (exact) mass is 479 g/mol. The van der Waals surface area contributed by atoms with Gasteiger partial charge in [-0.25, -0.2) is 8.42 Å². The Labute approximate surface area is 200 Å². The summed E-state index contributed by atoms with van der Waals surface area (Å²) in [6.07, 6.45) is 0.775. The Morgan fingerprint density at radius 1 is 0.912 bits per heavy atom. The van der Waals surface area contributed by atoms with Gasteiger partial charge >= 0.3 is 0 Å². The van der Waals surface area contributed by atoms with Gasteiger partial charge in [0.05, 0.1) is 16.1 Å². The van der Waals surface area contributed by atoms with Crippen LogP contribution in [0.2, 0.25) is 0 Å². The van der Waals surface area contributed by atoms with E-state index in [9.17, 15) is 18.0 Å². The van der Waals surface area contributed by atoms with Gasteiger partial charge in [0, 0.05) is 17.3 Å². The van der Waals surface area contributed by atoms with Gasteiger partial charge in [0.25, 0.3) is 21.8 Å². The molecule has 0 saturated carbocycles. The summed E-state index contributed by atoms with van der Waals surface area (Å²) in [7, 11) is -3.92. The van der Waals surface area contributed by atoms with Gasteiger partial charge in [-0.1, -0.05) is 37.3 Å². The standard InChI is InChI=1S/C26H29N3O4S/c1-5-19(4)27-26(31)22-11-6-7-12-23(22)28-25(30)20-14-13-18(3)24(16-20)34(32,33)29-21-10-8-9-17(2)15-21/h6-16,19,29H,5H2,1-4H3,(H,27,31)(H,28,30)/t19-/m1/s1. The van der Waals surface area contributed by atoms with E-state index >= 15 is 0 Å². The molecule has 178 valence electrons. The molecule has 3 N–H and O–H groups in total. The van der Waals surface area contributed by atoms with Crippen molar-refractivity contribution in [1.82, 2.24) is 5.32 Å². The zero-order valence-corrected chi connectivity index (χ0v) is 20.5. The van der Waals surface area contributed by atoms with Crippen LogP contribution < -0.4 is 15.4 Å². The Morgan fingerprint density at radius 2 is 1.65 bits per heavy atom. The smallest absolute Gasteiger partial charge is 0.262 e. The van der Waals surface area contributed by atoms with Crippen molar-refractivity contribution in [2.75, 3.05) is 10.0 Å². The molecule has 0 bridgehead atoms. The lowest BCUT2D eigenvalue weighted by Gasteiger charge is -2.15. The molecule has 3 aromatic carbocycles. The highest BCUT2D eigenvalue weighted by Gasteiger charge is 2.21. The Balaban J connectivity index is 1.87. The molecule has 0 radical (unpaired) electrons. The van der Waals surface area contributed by atoms with Gasteiger partial charge in [-0.2, -0.15) is 0 Å². The van der Waals surface area contributed by atoms with Crippen LogP contribution in [0, 0.1) is 13.8 Å². The fourth-order valence-electron chi connectivity index (χ4n) is 3.34. The molecule has 0 spiro atoms. The largest absolute Gasteiger partial charge is 0.350 e. The highest BCUT2D eigenvalue weighted by atomic mass is 32.2. The van der Waals surface area contributed by atoms with Crippen molar-refractivity contribution in [3.8, 4) is 0 Å². The van der Waals surface area contributed by atoms with Crippen molar-refractivity contribution in [3.05, 3.63) is 89.0 Å².